The van der Waals surface area contributed by atoms with Gasteiger partial charge in [-0.05, 0) is 80.1 Å². The van der Waals surface area contributed by atoms with Gasteiger partial charge in [-0.1, -0.05) is 39.8 Å². The molecule has 0 spiro atoms. The number of benzene rings is 2. The maximum Gasteiger partial charge on any atom is 0.323 e. The Balaban J connectivity index is 1.27. The zero-order chi connectivity index (χ0) is 29.6. The van der Waals surface area contributed by atoms with Crippen molar-refractivity contribution in [2.75, 3.05) is 52.6 Å². The molecule has 41 heavy (non-hydrogen) atoms. The van der Waals surface area contributed by atoms with Gasteiger partial charge in [-0.15, -0.1) is 0 Å². The number of nitrogens with zero attached hydrogens (tertiary/aromatic N) is 2. The highest BCUT2D eigenvalue weighted by Gasteiger charge is 2.33. The molecule has 0 amide bonds. The Morgan fingerprint density at radius 2 is 1.12 bits per heavy atom. The predicted molar refractivity (Wildman–Crippen MR) is 165 cm³/mol. The first-order valence-electron chi connectivity index (χ1n) is 14.3. The number of carbonyl (C=O) groups excluding carboxylic acids is 2. The first-order valence-corrected chi connectivity index (χ1v) is 15.9. The quantitative estimate of drug-likeness (QED) is 0.128. The van der Waals surface area contributed by atoms with Crippen LogP contribution in [0.4, 0.5) is 0 Å². The zero-order valence-electron chi connectivity index (χ0n) is 24.3. The van der Waals surface area contributed by atoms with Crippen LogP contribution in [-0.2, 0) is 24.5 Å². The monoisotopic (exact) mass is 694 g/mol. The van der Waals surface area contributed by atoms with Crippen LogP contribution in [0.15, 0.2) is 45.3 Å². The van der Waals surface area contributed by atoms with E-state index in [1.807, 2.05) is 38.1 Å². The van der Waals surface area contributed by atoms with Gasteiger partial charge in [-0.3, -0.25) is 19.4 Å². The normalized spacial score (nSPS) is 16.5. The molecule has 0 aliphatic carbocycles. The van der Waals surface area contributed by atoms with Gasteiger partial charge in [0.1, 0.15) is 50.0 Å². The van der Waals surface area contributed by atoms with E-state index in [9.17, 15) is 9.59 Å². The molecule has 2 aromatic rings. The van der Waals surface area contributed by atoms with E-state index >= 15 is 0 Å². The van der Waals surface area contributed by atoms with E-state index in [1.54, 1.807) is 0 Å². The minimum absolute atomic E-state index is 0.141. The topological polar surface area (TPSA) is 77.1 Å². The van der Waals surface area contributed by atoms with Crippen LogP contribution in [0.2, 0.25) is 0 Å². The van der Waals surface area contributed by atoms with Gasteiger partial charge in [0.05, 0.1) is 8.95 Å². The largest absolute Gasteiger partial charge is 0.489 e. The molecule has 2 fully saturated rings. The van der Waals surface area contributed by atoms with Gasteiger partial charge in [-0.2, -0.15) is 0 Å². The molecule has 10 heteroatoms. The molecule has 4 rings (SSSR count). The molecule has 2 atom stereocenters. The lowest BCUT2D eigenvalue weighted by molar-refractivity contribution is -0.149. The lowest BCUT2D eigenvalue weighted by Gasteiger charge is -2.27. The maximum atomic E-state index is 12.3. The van der Waals surface area contributed by atoms with Crippen molar-refractivity contribution in [2.24, 2.45) is 0 Å². The fourth-order valence-corrected chi connectivity index (χ4v) is 5.83. The molecule has 2 aromatic carbocycles. The fourth-order valence-electron chi connectivity index (χ4n) is 4.85. The fraction of sp³-hybridized carbons (Fsp3) is 0.548. The first-order chi connectivity index (χ1) is 19.6. The summed E-state index contributed by atoms with van der Waals surface area (Å²) in [5, 5.41) is 0. The molecule has 2 heterocycles. The van der Waals surface area contributed by atoms with Crippen LogP contribution in [0.5, 0.6) is 11.5 Å². The first kappa shape index (κ1) is 31.8. The highest BCUT2D eigenvalue weighted by Crippen LogP contribution is 2.38. The van der Waals surface area contributed by atoms with Crippen molar-refractivity contribution in [1.29, 1.82) is 0 Å². The molecule has 2 aliphatic rings. The van der Waals surface area contributed by atoms with Gasteiger partial charge in [0.2, 0.25) is 0 Å². The summed E-state index contributed by atoms with van der Waals surface area (Å²) in [6.45, 7) is 13.2. The number of hydrogen-bond acceptors (Lipinski definition) is 8. The van der Waals surface area contributed by atoms with Gasteiger partial charge < -0.3 is 18.9 Å². The number of ether oxygens (including phenoxy) is 4. The van der Waals surface area contributed by atoms with Crippen LogP contribution in [0.1, 0.15) is 51.7 Å². The van der Waals surface area contributed by atoms with E-state index in [1.165, 1.54) is 0 Å². The molecule has 8 nitrogen and oxygen atoms in total. The maximum absolute atomic E-state index is 12.3. The summed E-state index contributed by atoms with van der Waals surface area (Å²) >= 11 is 7.29. The van der Waals surface area contributed by atoms with Crippen LogP contribution in [0, 0.1) is 0 Å². The van der Waals surface area contributed by atoms with Crippen molar-refractivity contribution < 1.29 is 28.5 Å². The minimum Gasteiger partial charge on any atom is -0.489 e. The van der Waals surface area contributed by atoms with Crippen molar-refractivity contribution in [2.45, 2.75) is 58.0 Å². The number of carbonyl (C=O) groups is 2. The summed E-state index contributed by atoms with van der Waals surface area (Å²) in [7, 11) is 0. The SMILES string of the molecule is CCC(C(=O)OCCOc1ccc(C(C)(C)c2ccc(OCCOC(=O)C(CC)N3CC3)c(Br)c2)cc1Br)N1CC1. The van der Waals surface area contributed by atoms with Crippen molar-refractivity contribution in [1.82, 2.24) is 9.80 Å². The molecule has 0 bridgehead atoms. The molecule has 2 unspecified atom stereocenters. The molecule has 0 radical (unpaired) electrons. The molecule has 2 saturated heterocycles. The molecule has 2 aliphatic heterocycles. The Bertz CT molecular complexity index is 1120. The Hall–Kier alpha value is -2.14. The van der Waals surface area contributed by atoms with Crippen molar-refractivity contribution in [3.63, 3.8) is 0 Å². The third-order valence-corrected chi connectivity index (χ3v) is 8.88. The molecular weight excluding hydrogens is 656 g/mol. The summed E-state index contributed by atoms with van der Waals surface area (Å²) in [5.41, 5.74) is 1.92. The zero-order valence-corrected chi connectivity index (χ0v) is 27.5. The summed E-state index contributed by atoms with van der Waals surface area (Å²) in [4.78, 5) is 28.7. The summed E-state index contributed by atoms with van der Waals surface area (Å²) in [6.07, 6.45) is 1.51. The highest BCUT2D eigenvalue weighted by atomic mass is 79.9. The van der Waals surface area contributed by atoms with E-state index in [2.05, 4.69) is 67.6 Å². The Morgan fingerprint density at radius 3 is 1.44 bits per heavy atom. The smallest absolute Gasteiger partial charge is 0.323 e. The molecule has 224 valence electrons. The van der Waals surface area contributed by atoms with E-state index in [0.717, 1.165) is 59.1 Å². The van der Waals surface area contributed by atoms with E-state index in [0.29, 0.717) is 11.5 Å². The number of rotatable bonds is 16. The number of hydrogen-bond donors (Lipinski definition) is 0. The van der Waals surface area contributed by atoms with Gasteiger partial charge in [0, 0.05) is 31.6 Å². The standard InChI is InChI=1S/C31H40Br2N2O6/c1-5-25(34-11-12-34)29(36)40-17-15-38-27-9-7-21(19-23(27)32)31(3,4)22-8-10-28(24(33)20-22)39-16-18-41-30(37)26(6-2)35-13-14-35/h7-10,19-20,25-26H,5-6,11-18H2,1-4H3. The second-order valence-corrected chi connectivity index (χ2v) is 12.6. The second kappa shape index (κ2) is 14.4. The number of halogens is 2. The van der Waals surface area contributed by atoms with E-state index in [-0.39, 0.29) is 55.9 Å². The second-order valence-electron chi connectivity index (χ2n) is 10.9. The average molecular weight is 696 g/mol. The van der Waals surface area contributed by atoms with Crippen LogP contribution < -0.4 is 9.47 Å². The van der Waals surface area contributed by atoms with Crippen LogP contribution >= 0.6 is 31.9 Å². The van der Waals surface area contributed by atoms with Gasteiger partial charge in [-0.25, -0.2) is 0 Å². The Morgan fingerprint density at radius 1 is 0.732 bits per heavy atom. The molecule has 0 saturated carbocycles. The number of esters is 2. The summed E-state index contributed by atoms with van der Waals surface area (Å²) < 4.78 is 24.3. The average Bonchev–Trinajstić information content (AvgIpc) is 3.87. The summed E-state index contributed by atoms with van der Waals surface area (Å²) in [6, 6.07) is 11.8. The molecular formula is C31H40Br2N2O6. The Kier molecular flexibility index (Phi) is 11.1. The van der Waals surface area contributed by atoms with Crippen LogP contribution in [-0.4, -0.2) is 86.4 Å². The predicted octanol–water partition coefficient (Wildman–Crippen LogP) is 5.57. The van der Waals surface area contributed by atoms with Crippen LogP contribution in [0.3, 0.4) is 0 Å². The van der Waals surface area contributed by atoms with Crippen LogP contribution in [0.25, 0.3) is 0 Å². The van der Waals surface area contributed by atoms with Gasteiger partial charge in [0.25, 0.3) is 0 Å². The third kappa shape index (κ3) is 8.46. The third-order valence-electron chi connectivity index (χ3n) is 7.64. The minimum atomic E-state index is -0.298. The van der Waals surface area contributed by atoms with Gasteiger partial charge in [0.15, 0.2) is 0 Å². The summed E-state index contributed by atoms with van der Waals surface area (Å²) in [5.74, 6) is 1.04. The van der Waals surface area contributed by atoms with Crippen molar-refractivity contribution in [3.8, 4) is 11.5 Å². The lowest BCUT2D eigenvalue weighted by Crippen LogP contribution is -2.31. The van der Waals surface area contributed by atoms with Gasteiger partial charge >= 0.3 is 11.9 Å². The van der Waals surface area contributed by atoms with Crippen molar-refractivity contribution in [3.05, 3.63) is 56.5 Å². The lowest BCUT2D eigenvalue weighted by atomic mass is 9.78. The highest BCUT2D eigenvalue weighted by molar-refractivity contribution is 9.10. The van der Waals surface area contributed by atoms with E-state index in [4.69, 9.17) is 18.9 Å². The van der Waals surface area contributed by atoms with Crippen molar-refractivity contribution >= 4 is 43.8 Å². The molecule has 0 N–H and O–H groups in total. The Labute approximate surface area is 259 Å². The van der Waals surface area contributed by atoms with E-state index < -0.39 is 0 Å². The molecule has 0 aromatic heterocycles.